The van der Waals surface area contributed by atoms with Crippen LogP contribution in [0.15, 0.2) is 53.5 Å². The van der Waals surface area contributed by atoms with Gasteiger partial charge in [0.1, 0.15) is 0 Å². The van der Waals surface area contributed by atoms with Gasteiger partial charge in [0, 0.05) is 44.0 Å². The summed E-state index contributed by atoms with van der Waals surface area (Å²) in [7, 11) is 1.55. The maximum absolute atomic E-state index is 12.3. The predicted octanol–water partition coefficient (Wildman–Crippen LogP) is 3.31. The van der Waals surface area contributed by atoms with Crippen molar-refractivity contribution in [2.24, 2.45) is 4.99 Å². The molecule has 30 heavy (non-hydrogen) atoms. The molecule has 10 nitrogen and oxygen atoms in total. The Bertz CT molecular complexity index is 1210. The summed E-state index contributed by atoms with van der Waals surface area (Å²) in [4.78, 5) is 37.6. The number of benzene rings is 2. The maximum atomic E-state index is 12.3. The van der Waals surface area contributed by atoms with E-state index in [9.17, 15) is 25.0 Å². The number of aromatic nitrogens is 1. The van der Waals surface area contributed by atoms with Gasteiger partial charge in [-0.15, -0.1) is 0 Å². The Balaban J connectivity index is 1.93. The average Bonchev–Trinajstić information content (AvgIpc) is 3.06. The van der Waals surface area contributed by atoms with Crippen LogP contribution in [0.3, 0.4) is 0 Å². The van der Waals surface area contributed by atoms with Gasteiger partial charge in [-0.2, -0.15) is 4.99 Å². The lowest BCUT2D eigenvalue weighted by atomic mass is 10.2. The van der Waals surface area contributed by atoms with Crippen LogP contribution in [-0.2, 0) is 16.1 Å². The molecule has 11 heteroatoms. The molecule has 0 aliphatic carbocycles. The number of amides is 1. The van der Waals surface area contributed by atoms with Gasteiger partial charge in [0.15, 0.2) is 4.80 Å². The van der Waals surface area contributed by atoms with Crippen molar-refractivity contribution in [2.45, 2.75) is 6.54 Å². The highest BCUT2D eigenvalue weighted by Crippen LogP contribution is 2.23. The summed E-state index contributed by atoms with van der Waals surface area (Å²) < 4.78 is 7.50. The number of nitro benzene ring substituents is 2. The fourth-order valence-corrected chi connectivity index (χ4v) is 3.76. The number of carbonyl (C=O) groups excluding carboxylic acids is 1. The first-order valence-corrected chi connectivity index (χ1v) is 9.48. The second-order valence-electron chi connectivity index (χ2n) is 6.07. The molecule has 2 aromatic carbocycles. The Kier molecular flexibility index (Phi) is 6.45. The Hall–Kier alpha value is -3.70. The number of nitro groups is 2. The van der Waals surface area contributed by atoms with E-state index in [1.165, 1.54) is 59.9 Å². The molecule has 1 aromatic heterocycles. The third-order valence-corrected chi connectivity index (χ3v) is 5.17. The lowest BCUT2D eigenvalue weighted by molar-refractivity contribution is -0.385. The van der Waals surface area contributed by atoms with E-state index in [0.717, 1.165) is 0 Å². The number of thiazole rings is 1. The van der Waals surface area contributed by atoms with Crippen LogP contribution in [0.25, 0.3) is 16.3 Å². The Morgan fingerprint density at radius 3 is 2.43 bits per heavy atom. The monoisotopic (exact) mass is 428 g/mol. The summed E-state index contributed by atoms with van der Waals surface area (Å²) in [5.41, 5.74) is 1.25. The van der Waals surface area contributed by atoms with Gasteiger partial charge in [-0.05, 0) is 29.8 Å². The standard InChI is InChI=1S/C19H16N4O6S/c1-29-11-10-21-16-8-7-15(23(27)28)12-17(16)30-19(21)20-18(24)9-4-13-2-5-14(6-3-13)22(25)26/h2-9,12H,10-11H2,1H3. The summed E-state index contributed by atoms with van der Waals surface area (Å²) >= 11 is 1.17. The molecule has 0 aliphatic heterocycles. The SMILES string of the molecule is COCCn1c(=NC(=O)C=Cc2ccc([N+](=O)[O-])cc2)sc2cc([N+](=O)[O-])ccc21. The van der Waals surface area contributed by atoms with Gasteiger partial charge in [0.2, 0.25) is 0 Å². The van der Waals surface area contributed by atoms with Gasteiger partial charge in [-0.25, -0.2) is 0 Å². The number of ether oxygens (including phenoxy) is 1. The number of methoxy groups -OCH3 is 1. The number of nitrogens with zero attached hydrogens (tertiary/aromatic N) is 4. The molecule has 0 saturated heterocycles. The van der Waals surface area contributed by atoms with Crippen LogP contribution >= 0.6 is 11.3 Å². The first kappa shape index (κ1) is 21.0. The van der Waals surface area contributed by atoms with Crippen molar-refractivity contribution >= 4 is 44.9 Å². The van der Waals surface area contributed by atoms with E-state index in [1.54, 1.807) is 17.7 Å². The molecule has 1 amide bonds. The zero-order valence-corrected chi connectivity index (χ0v) is 16.6. The molecule has 3 rings (SSSR count). The molecular formula is C19H16N4O6S. The number of non-ortho nitro benzene ring substituents is 2. The quantitative estimate of drug-likeness (QED) is 0.322. The first-order valence-electron chi connectivity index (χ1n) is 8.67. The van der Waals surface area contributed by atoms with E-state index in [2.05, 4.69) is 4.99 Å². The molecule has 154 valence electrons. The van der Waals surface area contributed by atoms with Crippen molar-refractivity contribution in [3.8, 4) is 0 Å². The van der Waals surface area contributed by atoms with Gasteiger partial charge in [-0.1, -0.05) is 11.3 Å². The van der Waals surface area contributed by atoms with Crippen LogP contribution in [0.4, 0.5) is 11.4 Å². The van der Waals surface area contributed by atoms with E-state index in [1.807, 2.05) is 0 Å². The smallest absolute Gasteiger partial charge is 0.272 e. The zero-order valence-electron chi connectivity index (χ0n) is 15.8. The predicted molar refractivity (Wildman–Crippen MR) is 111 cm³/mol. The molecule has 0 fully saturated rings. The zero-order chi connectivity index (χ0) is 21.7. The third kappa shape index (κ3) is 4.82. The normalized spacial score (nSPS) is 12.0. The van der Waals surface area contributed by atoms with Crippen LogP contribution in [0, 0.1) is 20.2 Å². The van der Waals surface area contributed by atoms with E-state index >= 15 is 0 Å². The van der Waals surface area contributed by atoms with E-state index < -0.39 is 15.8 Å². The van der Waals surface area contributed by atoms with Crippen LogP contribution in [0.2, 0.25) is 0 Å². The van der Waals surface area contributed by atoms with Gasteiger partial charge in [0.05, 0.1) is 26.7 Å². The largest absolute Gasteiger partial charge is 0.383 e. The van der Waals surface area contributed by atoms with Crippen molar-refractivity contribution in [2.75, 3.05) is 13.7 Å². The summed E-state index contributed by atoms with van der Waals surface area (Å²) in [6.07, 6.45) is 2.77. The molecule has 0 radical (unpaired) electrons. The highest BCUT2D eigenvalue weighted by atomic mass is 32.1. The lowest BCUT2D eigenvalue weighted by Gasteiger charge is -2.03. The van der Waals surface area contributed by atoms with Gasteiger partial charge in [0.25, 0.3) is 17.3 Å². The van der Waals surface area contributed by atoms with E-state index in [4.69, 9.17) is 4.74 Å². The molecule has 0 N–H and O–H groups in total. The van der Waals surface area contributed by atoms with E-state index in [0.29, 0.717) is 33.7 Å². The van der Waals surface area contributed by atoms with Gasteiger partial charge in [-0.3, -0.25) is 25.0 Å². The molecule has 1 heterocycles. The van der Waals surface area contributed by atoms with E-state index in [-0.39, 0.29) is 11.4 Å². The Morgan fingerprint density at radius 1 is 1.13 bits per heavy atom. The molecular weight excluding hydrogens is 412 g/mol. The third-order valence-electron chi connectivity index (χ3n) is 4.12. The summed E-state index contributed by atoms with van der Waals surface area (Å²) in [6.45, 7) is 0.801. The molecule has 0 unspecified atom stereocenters. The number of rotatable bonds is 7. The number of hydrogen-bond donors (Lipinski definition) is 0. The summed E-state index contributed by atoms with van der Waals surface area (Å²) in [5.74, 6) is -0.527. The van der Waals surface area contributed by atoms with Crippen molar-refractivity contribution in [3.63, 3.8) is 0 Å². The minimum atomic E-state index is -0.527. The molecule has 3 aromatic rings. The molecule has 0 saturated carbocycles. The lowest BCUT2D eigenvalue weighted by Crippen LogP contribution is -2.18. The second kappa shape index (κ2) is 9.20. The molecule has 0 bridgehead atoms. The van der Waals surface area contributed by atoms with Crippen molar-refractivity contribution in [3.05, 3.63) is 79.1 Å². The van der Waals surface area contributed by atoms with Crippen molar-refractivity contribution in [1.29, 1.82) is 0 Å². The van der Waals surface area contributed by atoms with Crippen LogP contribution in [0.5, 0.6) is 0 Å². The minimum Gasteiger partial charge on any atom is -0.383 e. The fraction of sp³-hybridized carbons (Fsp3) is 0.158. The molecule has 0 spiro atoms. The average molecular weight is 428 g/mol. The van der Waals surface area contributed by atoms with Crippen molar-refractivity contribution in [1.82, 2.24) is 4.57 Å². The van der Waals surface area contributed by atoms with Crippen molar-refractivity contribution < 1.29 is 19.4 Å². The summed E-state index contributed by atoms with van der Waals surface area (Å²) in [6, 6.07) is 10.2. The van der Waals surface area contributed by atoms with Gasteiger partial charge >= 0.3 is 0 Å². The van der Waals surface area contributed by atoms with Crippen LogP contribution in [0.1, 0.15) is 5.56 Å². The number of fused-ring (bicyclic) bond motifs is 1. The highest BCUT2D eigenvalue weighted by molar-refractivity contribution is 7.16. The second-order valence-corrected chi connectivity index (χ2v) is 7.08. The Morgan fingerprint density at radius 2 is 1.80 bits per heavy atom. The molecule has 0 aliphatic rings. The number of carbonyl (C=O) groups is 1. The fourth-order valence-electron chi connectivity index (χ4n) is 2.67. The number of hydrogen-bond acceptors (Lipinski definition) is 7. The van der Waals surface area contributed by atoms with Crippen LogP contribution in [-0.4, -0.2) is 34.0 Å². The maximum Gasteiger partial charge on any atom is 0.272 e. The highest BCUT2D eigenvalue weighted by Gasteiger charge is 2.12. The van der Waals surface area contributed by atoms with Gasteiger partial charge < -0.3 is 9.30 Å². The summed E-state index contributed by atoms with van der Waals surface area (Å²) in [5, 5.41) is 21.7. The molecule has 0 atom stereocenters. The first-order chi connectivity index (χ1) is 14.4. The Labute approximate surface area is 173 Å². The van der Waals surface area contributed by atoms with Crippen LogP contribution < -0.4 is 4.80 Å². The minimum absolute atomic E-state index is 0.0401. The topological polar surface area (TPSA) is 130 Å².